The molecule has 2 aromatic rings. The van der Waals surface area contributed by atoms with Gasteiger partial charge in [0.1, 0.15) is 6.61 Å². The second-order valence-electron chi connectivity index (χ2n) is 6.99. The van der Waals surface area contributed by atoms with Crippen molar-refractivity contribution in [3.8, 4) is 11.1 Å². The van der Waals surface area contributed by atoms with Crippen LogP contribution in [0.25, 0.3) is 11.1 Å². The van der Waals surface area contributed by atoms with Gasteiger partial charge in [0.2, 0.25) is 0 Å². The van der Waals surface area contributed by atoms with Crippen LogP contribution in [-0.4, -0.2) is 30.0 Å². The van der Waals surface area contributed by atoms with Gasteiger partial charge in [-0.25, -0.2) is 4.79 Å². The first kappa shape index (κ1) is 17.5. The van der Waals surface area contributed by atoms with Crippen molar-refractivity contribution in [1.82, 2.24) is 5.32 Å². The van der Waals surface area contributed by atoms with E-state index in [0.717, 1.165) is 0 Å². The molecule has 4 heteroatoms. The van der Waals surface area contributed by atoms with Crippen molar-refractivity contribution < 1.29 is 14.6 Å². The van der Waals surface area contributed by atoms with Gasteiger partial charge in [0.05, 0.1) is 12.1 Å². The van der Waals surface area contributed by atoms with Crippen molar-refractivity contribution in [2.24, 2.45) is 5.92 Å². The summed E-state index contributed by atoms with van der Waals surface area (Å²) in [6.45, 7) is 5.90. The molecule has 0 aromatic heterocycles. The van der Waals surface area contributed by atoms with Gasteiger partial charge in [0, 0.05) is 5.92 Å². The number of hydrogen-bond acceptors (Lipinski definition) is 3. The summed E-state index contributed by atoms with van der Waals surface area (Å²) in [5.74, 6) is 0.118. The number of aliphatic hydroxyl groups excluding tert-OH is 1. The van der Waals surface area contributed by atoms with Crippen LogP contribution in [0.2, 0.25) is 0 Å². The van der Waals surface area contributed by atoms with Crippen LogP contribution < -0.4 is 5.32 Å². The number of alkyl carbamates (subject to hydrolysis) is 1. The summed E-state index contributed by atoms with van der Waals surface area (Å²) in [5.41, 5.74) is 4.78. The van der Waals surface area contributed by atoms with Gasteiger partial charge in [-0.2, -0.15) is 0 Å². The summed E-state index contributed by atoms with van der Waals surface area (Å²) in [4.78, 5) is 12.1. The highest BCUT2D eigenvalue weighted by Crippen LogP contribution is 2.44. The highest BCUT2D eigenvalue weighted by atomic mass is 16.5. The van der Waals surface area contributed by atoms with E-state index >= 15 is 0 Å². The lowest BCUT2D eigenvalue weighted by atomic mass is 9.98. The maximum absolute atomic E-state index is 12.1. The van der Waals surface area contributed by atoms with E-state index in [-0.39, 0.29) is 24.5 Å². The van der Waals surface area contributed by atoms with E-state index in [9.17, 15) is 9.90 Å². The van der Waals surface area contributed by atoms with Crippen LogP contribution in [0, 0.1) is 5.92 Å². The quantitative estimate of drug-likeness (QED) is 0.868. The van der Waals surface area contributed by atoms with Gasteiger partial charge < -0.3 is 15.2 Å². The fourth-order valence-electron chi connectivity index (χ4n) is 3.49. The Labute approximate surface area is 148 Å². The molecule has 0 heterocycles. The SMILES string of the molecule is CC(C)C(O)C(C)NC(=O)OCC1c2ccccc2-c2ccccc21. The van der Waals surface area contributed by atoms with Crippen molar-refractivity contribution in [2.75, 3.05) is 6.61 Å². The number of nitrogens with one attached hydrogen (secondary N) is 1. The molecule has 0 aliphatic heterocycles. The van der Waals surface area contributed by atoms with Crippen LogP contribution in [0.5, 0.6) is 0 Å². The molecule has 2 unspecified atom stereocenters. The minimum absolute atomic E-state index is 0.0449. The maximum atomic E-state index is 12.1. The van der Waals surface area contributed by atoms with Gasteiger partial charge >= 0.3 is 6.09 Å². The smallest absolute Gasteiger partial charge is 0.407 e. The lowest BCUT2D eigenvalue weighted by Gasteiger charge is -2.23. The number of aliphatic hydroxyl groups is 1. The fraction of sp³-hybridized carbons (Fsp3) is 0.381. The van der Waals surface area contributed by atoms with Gasteiger partial charge in [-0.05, 0) is 35.1 Å². The van der Waals surface area contributed by atoms with E-state index in [1.165, 1.54) is 22.3 Å². The normalized spacial score (nSPS) is 15.4. The first-order chi connectivity index (χ1) is 12.0. The molecule has 132 valence electrons. The molecule has 0 saturated heterocycles. The minimum Gasteiger partial charge on any atom is -0.449 e. The van der Waals surface area contributed by atoms with Crippen molar-refractivity contribution in [3.63, 3.8) is 0 Å². The summed E-state index contributed by atoms with van der Waals surface area (Å²) >= 11 is 0. The number of benzene rings is 2. The molecular formula is C21H25NO3. The van der Waals surface area contributed by atoms with Crippen LogP contribution >= 0.6 is 0 Å². The standard InChI is InChI=1S/C21H25NO3/c1-13(2)20(23)14(3)22-21(24)25-12-19-17-10-6-4-8-15(17)16-9-5-7-11-18(16)19/h4-11,13-14,19-20,23H,12H2,1-3H3,(H,22,24). The van der Waals surface area contributed by atoms with Crippen LogP contribution in [0.3, 0.4) is 0 Å². The Kier molecular flexibility index (Phi) is 5.09. The summed E-state index contributed by atoms with van der Waals surface area (Å²) in [6, 6.07) is 16.1. The summed E-state index contributed by atoms with van der Waals surface area (Å²) in [7, 11) is 0. The Bertz CT molecular complexity index is 711. The van der Waals surface area contributed by atoms with Crippen molar-refractivity contribution in [1.29, 1.82) is 0 Å². The third kappa shape index (κ3) is 3.54. The van der Waals surface area contributed by atoms with Crippen LogP contribution in [-0.2, 0) is 4.74 Å². The molecule has 2 aromatic carbocycles. The molecule has 0 bridgehead atoms. The molecule has 0 radical (unpaired) electrons. The second kappa shape index (κ2) is 7.28. The number of amides is 1. The van der Waals surface area contributed by atoms with Gasteiger partial charge in [-0.1, -0.05) is 62.4 Å². The Morgan fingerprint density at radius 3 is 2.08 bits per heavy atom. The molecule has 0 saturated carbocycles. The first-order valence-corrected chi connectivity index (χ1v) is 8.78. The zero-order valence-electron chi connectivity index (χ0n) is 14.9. The number of fused-ring (bicyclic) bond motifs is 3. The Morgan fingerprint density at radius 2 is 1.56 bits per heavy atom. The lowest BCUT2D eigenvalue weighted by molar-refractivity contribution is 0.0799. The van der Waals surface area contributed by atoms with Crippen molar-refractivity contribution in [3.05, 3.63) is 59.7 Å². The van der Waals surface area contributed by atoms with E-state index < -0.39 is 12.2 Å². The Morgan fingerprint density at radius 1 is 1.04 bits per heavy atom. The number of rotatable bonds is 5. The Balaban J connectivity index is 1.68. The highest BCUT2D eigenvalue weighted by Gasteiger charge is 2.29. The van der Waals surface area contributed by atoms with E-state index in [4.69, 9.17) is 4.74 Å². The van der Waals surface area contributed by atoms with Gasteiger partial charge in [0.25, 0.3) is 0 Å². The zero-order chi connectivity index (χ0) is 18.0. The predicted octanol–water partition coefficient (Wildman–Crippen LogP) is 3.93. The summed E-state index contributed by atoms with van der Waals surface area (Å²) < 4.78 is 5.48. The van der Waals surface area contributed by atoms with E-state index in [1.807, 2.05) is 38.1 Å². The van der Waals surface area contributed by atoms with E-state index in [2.05, 4.69) is 29.6 Å². The van der Waals surface area contributed by atoms with Crippen LogP contribution in [0.1, 0.15) is 37.8 Å². The van der Waals surface area contributed by atoms with Crippen LogP contribution in [0.4, 0.5) is 4.79 Å². The van der Waals surface area contributed by atoms with E-state index in [0.29, 0.717) is 0 Å². The minimum atomic E-state index is -0.597. The molecule has 0 fully saturated rings. The molecule has 1 aliphatic carbocycles. The number of hydrogen-bond donors (Lipinski definition) is 2. The molecule has 1 amide bonds. The highest BCUT2D eigenvalue weighted by molar-refractivity contribution is 5.79. The predicted molar refractivity (Wildman–Crippen MR) is 98.5 cm³/mol. The number of carbonyl (C=O) groups excluding carboxylic acids is 1. The molecule has 25 heavy (non-hydrogen) atoms. The largest absolute Gasteiger partial charge is 0.449 e. The molecule has 2 N–H and O–H groups in total. The summed E-state index contributed by atoms with van der Waals surface area (Å²) in [5, 5.41) is 12.7. The monoisotopic (exact) mass is 339 g/mol. The van der Waals surface area contributed by atoms with Gasteiger partial charge in [0.15, 0.2) is 0 Å². The molecule has 1 aliphatic rings. The Hall–Kier alpha value is -2.33. The molecule has 2 atom stereocenters. The second-order valence-corrected chi connectivity index (χ2v) is 6.99. The average Bonchev–Trinajstić information content (AvgIpc) is 2.93. The first-order valence-electron chi connectivity index (χ1n) is 8.78. The van der Waals surface area contributed by atoms with Gasteiger partial charge in [-0.15, -0.1) is 0 Å². The zero-order valence-corrected chi connectivity index (χ0v) is 14.9. The number of ether oxygens (including phenoxy) is 1. The van der Waals surface area contributed by atoms with Crippen LogP contribution in [0.15, 0.2) is 48.5 Å². The molecular weight excluding hydrogens is 314 g/mol. The topological polar surface area (TPSA) is 58.6 Å². The lowest BCUT2D eigenvalue weighted by Crippen LogP contribution is -2.43. The van der Waals surface area contributed by atoms with Crippen molar-refractivity contribution in [2.45, 2.75) is 38.8 Å². The van der Waals surface area contributed by atoms with Gasteiger partial charge in [-0.3, -0.25) is 0 Å². The summed E-state index contributed by atoms with van der Waals surface area (Å²) in [6.07, 6.45) is -1.09. The third-order valence-electron chi connectivity index (χ3n) is 4.88. The third-order valence-corrected chi connectivity index (χ3v) is 4.88. The van der Waals surface area contributed by atoms with E-state index in [1.54, 1.807) is 6.92 Å². The molecule has 0 spiro atoms. The maximum Gasteiger partial charge on any atom is 0.407 e. The molecule has 3 rings (SSSR count). The fourth-order valence-corrected chi connectivity index (χ4v) is 3.49. The molecule has 4 nitrogen and oxygen atoms in total. The number of carbonyl (C=O) groups is 1. The van der Waals surface area contributed by atoms with Crippen molar-refractivity contribution >= 4 is 6.09 Å². The average molecular weight is 339 g/mol.